The van der Waals surface area contributed by atoms with E-state index in [0.29, 0.717) is 17.2 Å². The predicted octanol–water partition coefficient (Wildman–Crippen LogP) is 3.32. The minimum absolute atomic E-state index is 0.0317. The smallest absolute Gasteiger partial charge is 0.413 e. The highest BCUT2D eigenvalue weighted by Crippen LogP contribution is 2.38. The van der Waals surface area contributed by atoms with Crippen molar-refractivity contribution in [3.05, 3.63) is 40.3 Å². The first-order valence-electron chi connectivity index (χ1n) is 10.5. The molecule has 3 rings (SSSR count). The predicted molar refractivity (Wildman–Crippen MR) is 124 cm³/mol. The molecule has 0 bridgehead atoms. The number of ether oxygens (including phenoxy) is 2. The van der Waals surface area contributed by atoms with Gasteiger partial charge in [0, 0.05) is 11.3 Å². The third-order valence-corrected chi connectivity index (χ3v) is 8.31. The van der Waals surface area contributed by atoms with Crippen molar-refractivity contribution in [2.24, 2.45) is 0 Å². The first-order valence-corrected chi connectivity index (χ1v) is 12.9. The van der Waals surface area contributed by atoms with E-state index in [4.69, 9.17) is 4.74 Å². The molecule has 0 spiro atoms. The number of sulfone groups is 1. The topological polar surface area (TPSA) is 128 Å². The summed E-state index contributed by atoms with van der Waals surface area (Å²) >= 11 is 1.32. The van der Waals surface area contributed by atoms with Crippen LogP contribution in [0.25, 0.3) is 0 Å². The number of amides is 3. The number of methoxy groups -OCH3 is 2. The summed E-state index contributed by atoms with van der Waals surface area (Å²) in [5.41, 5.74) is 1.12. The third-order valence-electron chi connectivity index (χ3n) is 5.29. The zero-order valence-corrected chi connectivity index (χ0v) is 20.1. The van der Waals surface area contributed by atoms with Crippen LogP contribution in [0.4, 0.5) is 9.80 Å². The number of hydrogen-bond acceptors (Lipinski definition) is 8. The number of alkyl carbamates (subject to hydrolysis) is 1. The van der Waals surface area contributed by atoms with Crippen molar-refractivity contribution in [3.8, 4) is 5.75 Å². The molecule has 11 heteroatoms. The van der Waals surface area contributed by atoms with E-state index in [1.165, 1.54) is 30.6 Å². The van der Waals surface area contributed by atoms with E-state index in [9.17, 15) is 22.8 Å². The average molecular weight is 495 g/mol. The lowest BCUT2D eigenvalue weighted by Crippen LogP contribution is -2.31. The van der Waals surface area contributed by atoms with Gasteiger partial charge in [-0.2, -0.15) is 0 Å². The lowest BCUT2D eigenvalue weighted by atomic mass is 9.95. The zero-order chi connectivity index (χ0) is 24.0. The van der Waals surface area contributed by atoms with Gasteiger partial charge in [0.2, 0.25) is 5.91 Å². The Morgan fingerprint density at radius 2 is 1.76 bits per heavy atom. The van der Waals surface area contributed by atoms with Crippen LogP contribution in [0.3, 0.4) is 0 Å². The highest BCUT2D eigenvalue weighted by atomic mass is 32.2. The summed E-state index contributed by atoms with van der Waals surface area (Å²) in [6, 6.07) is 6.07. The number of anilines is 1. The van der Waals surface area contributed by atoms with Crippen molar-refractivity contribution in [1.82, 2.24) is 5.32 Å². The van der Waals surface area contributed by atoms with Crippen molar-refractivity contribution in [3.63, 3.8) is 0 Å². The normalized spacial score (nSPS) is 13.0. The van der Waals surface area contributed by atoms with Crippen LogP contribution in [-0.2, 0) is 32.2 Å². The van der Waals surface area contributed by atoms with Crippen LogP contribution < -0.4 is 15.4 Å². The summed E-state index contributed by atoms with van der Waals surface area (Å²) < 4.78 is 34.6. The van der Waals surface area contributed by atoms with E-state index in [2.05, 4.69) is 15.4 Å². The second-order valence-corrected chi connectivity index (χ2v) is 10.7. The monoisotopic (exact) mass is 494 g/mol. The molecule has 2 aromatic rings. The number of imide groups is 1. The summed E-state index contributed by atoms with van der Waals surface area (Å²) in [5, 5.41) is 5.26. The van der Waals surface area contributed by atoms with Gasteiger partial charge >= 0.3 is 6.09 Å². The van der Waals surface area contributed by atoms with E-state index in [1.54, 1.807) is 12.1 Å². The molecule has 1 aromatic carbocycles. The van der Waals surface area contributed by atoms with Crippen molar-refractivity contribution in [2.45, 2.75) is 43.4 Å². The molecule has 0 aliphatic heterocycles. The van der Waals surface area contributed by atoms with Gasteiger partial charge in [-0.1, -0.05) is 0 Å². The van der Waals surface area contributed by atoms with Crippen LogP contribution >= 0.6 is 11.3 Å². The molecule has 0 unspecified atom stereocenters. The van der Waals surface area contributed by atoms with E-state index in [0.717, 1.165) is 36.8 Å². The zero-order valence-electron chi connectivity index (χ0n) is 18.4. The van der Waals surface area contributed by atoms with Crippen LogP contribution in [0, 0.1) is 0 Å². The van der Waals surface area contributed by atoms with Gasteiger partial charge in [0.15, 0.2) is 9.84 Å². The number of hydrogen-bond donors (Lipinski definition) is 2. The molecule has 3 amide bonds. The van der Waals surface area contributed by atoms with Crippen LogP contribution in [0.15, 0.2) is 29.2 Å². The molecule has 1 aromatic heterocycles. The van der Waals surface area contributed by atoms with Gasteiger partial charge in [-0.25, -0.2) is 13.2 Å². The molecule has 1 heterocycles. The number of nitrogens with one attached hydrogen (secondary N) is 2. The number of carbonyl (C=O) groups excluding carboxylic acids is 3. The Balaban J connectivity index is 1.65. The van der Waals surface area contributed by atoms with Crippen molar-refractivity contribution in [1.29, 1.82) is 0 Å². The number of fused-ring (bicyclic) bond motifs is 1. The number of benzene rings is 1. The summed E-state index contributed by atoms with van der Waals surface area (Å²) in [4.78, 5) is 37.9. The largest absolute Gasteiger partial charge is 0.497 e. The van der Waals surface area contributed by atoms with Gasteiger partial charge in [-0.15, -0.1) is 11.3 Å². The molecule has 1 aliphatic carbocycles. The maximum absolute atomic E-state index is 12.7. The fraction of sp³-hybridized carbons (Fsp3) is 0.409. The Morgan fingerprint density at radius 3 is 2.42 bits per heavy atom. The van der Waals surface area contributed by atoms with E-state index < -0.39 is 27.7 Å². The van der Waals surface area contributed by atoms with Crippen LogP contribution in [0.2, 0.25) is 0 Å². The first kappa shape index (κ1) is 24.7. The second-order valence-electron chi connectivity index (χ2n) is 7.51. The van der Waals surface area contributed by atoms with E-state index in [-0.39, 0.29) is 29.1 Å². The summed E-state index contributed by atoms with van der Waals surface area (Å²) in [6.07, 6.45) is 2.60. The molecule has 9 nitrogen and oxygen atoms in total. The van der Waals surface area contributed by atoms with Gasteiger partial charge in [-0.05, 0) is 61.9 Å². The lowest BCUT2D eigenvalue weighted by Gasteiger charge is -2.12. The molecule has 0 fully saturated rings. The summed E-state index contributed by atoms with van der Waals surface area (Å²) in [5.74, 6) is -0.660. The fourth-order valence-electron chi connectivity index (χ4n) is 3.61. The maximum atomic E-state index is 12.7. The highest BCUT2D eigenvalue weighted by molar-refractivity contribution is 7.91. The first-order chi connectivity index (χ1) is 15.7. The van der Waals surface area contributed by atoms with Crippen molar-refractivity contribution < 1.29 is 32.3 Å². The Labute approximate surface area is 196 Å². The van der Waals surface area contributed by atoms with Crippen LogP contribution in [-0.4, -0.2) is 46.3 Å². The molecule has 33 heavy (non-hydrogen) atoms. The quantitative estimate of drug-likeness (QED) is 0.576. The molecule has 0 radical (unpaired) electrons. The van der Waals surface area contributed by atoms with Crippen molar-refractivity contribution >= 4 is 44.1 Å². The van der Waals surface area contributed by atoms with Gasteiger partial charge in [-0.3, -0.25) is 14.9 Å². The minimum atomic E-state index is -3.54. The number of carbonyl (C=O) groups is 3. The standard InChI is InChI=1S/C22H26N2O7S2/c1-30-14-9-11-15(12-10-14)33(28,29)13-5-8-18(25)23-21-19(20(26)24-22(27)31-2)16-6-3-4-7-17(16)32-21/h9-12H,3-8,13H2,1-2H3,(H,23,25)(H,24,26,27). The van der Waals surface area contributed by atoms with Gasteiger partial charge in [0.05, 0.1) is 30.4 Å². The van der Waals surface area contributed by atoms with Gasteiger partial charge < -0.3 is 14.8 Å². The van der Waals surface area contributed by atoms with E-state index in [1.807, 2.05) is 0 Å². The van der Waals surface area contributed by atoms with Gasteiger partial charge in [0.1, 0.15) is 10.8 Å². The molecular formula is C22H26N2O7S2. The second kappa shape index (κ2) is 10.8. The Kier molecular flexibility index (Phi) is 8.09. The lowest BCUT2D eigenvalue weighted by molar-refractivity contribution is -0.116. The third kappa shape index (κ3) is 6.11. The average Bonchev–Trinajstić information content (AvgIpc) is 3.16. The summed E-state index contributed by atoms with van der Waals surface area (Å²) in [7, 11) is -0.885. The molecule has 178 valence electrons. The Morgan fingerprint density at radius 1 is 1.06 bits per heavy atom. The Hall–Kier alpha value is -2.92. The number of thiophene rings is 1. The number of rotatable bonds is 8. The van der Waals surface area contributed by atoms with Gasteiger partial charge in [0.25, 0.3) is 5.91 Å². The molecule has 1 aliphatic rings. The summed E-state index contributed by atoms with van der Waals surface area (Å²) in [6.45, 7) is 0. The molecular weight excluding hydrogens is 468 g/mol. The number of aryl methyl sites for hydroxylation is 1. The minimum Gasteiger partial charge on any atom is -0.497 e. The SMILES string of the molecule is COC(=O)NC(=O)c1c(NC(=O)CCCS(=O)(=O)c2ccc(OC)cc2)sc2c1CCCC2. The van der Waals surface area contributed by atoms with Crippen LogP contribution in [0.5, 0.6) is 5.75 Å². The Bertz CT molecular complexity index is 1140. The molecule has 0 saturated carbocycles. The maximum Gasteiger partial charge on any atom is 0.413 e. The van der Waals surface area contributed by atoms with Crippen molar-refractivity contribution in [2.75, 3.05) is 25.3 Å². The highest BCUT2D eigenvalue weighted by Gasteiger charge is 2.27. The molecule has 0 saturated heterocycles. The fourth-order valence-corrected chi connectivity index (χ4v) is 6.23. The molecule has 2 N–H and O–H groups in total. The molecule has 0 atom stereocenters. The van der Waals surface area contributed by atoms with E-state index >= 15 is 0 Å². The van der Waals surface area contributed by atoms with Crippen LogP contribution in [0.1, 0.15) is 46.5 Å².